The largest absolute Gasteiger partial charge is 0.371 e. The Hall–Kier alpha value is -2.09. The molecule has 0 spiro atoms. The average molecular weight is 231 g/mol. The minimum absolute atomic E-state index is 0.122. The van der Waals surface area contributed by atoms with Crippen LogP contribution in [-0.2, 0) is 0 Å². The molecule has 1 aliphatic rings. The van der Waals surface area contributed by atoms with Gasteiger partial charge in [0.2, 0.25) is 0 Å². The standard InChI is InChI=1S/C12H13N3O2/c1-9-4-5-14(8-9)11-2-3-12(15(16)17)10(6-11)7-13/h2-3,6,9H,4-5,8H2,1H3/t9-/m0/s1. The molecule has 0 amide bonds. The topological polar surface area (TPSA) is 70.2 Å². The highest BCUT2D eigenvalue weighted by Crippen LogP contribution is 2.28. The second kappa shape index (κ2) is 4.42. The van der Waals surface area contributed by atoms with Crippen molar-refractivity contribution in [1.82, 2.24) is 0 Å². The summed E-state index contributed by atoms with van der Waals surface area (Å²) >= 11 is 0. The lowest BCUT2D eigenvalue weighted by molar-refractivity contribution is -0.385. The summed E-state index contributed by atoms with van der Waals surface area (Å²) in [4.78, 5) is 12.3. The third kappa shape index (κ3) is 2.21. The molecule has 1 heterocycles. The van der Waals surface area contributed by atoms with Crippen LogP contribution in [0, 0.1) is 27.4 Å². The predicted molar refractivity (Wildman–Crippen MR) is 63.8 cm³/mol. The molecule has 2 rings (SSSR count). The highest BCUT2D eigenvalue weighted by Gasteiger charge is 2.21. The van der Waals surface area contributed by atoms with E-state index < -0.39 is 4.92 Å². The van der Waals surface area contributed by atoms with Crippen LogP contribution in [0.5, 0.6) is 0 Å². The van der Waals surface area contributed by atoms with Crippen molar-refractivity contribution >= 4 is 11.4 Å². The van der Waals surface area contributed by atoms with Crippen LogP contribution >= 0.6 is 0 Å². The van der Waals surface area contributed by atoms with Gasteiger partial charge in [0, 0.05) is 24.8 Å². The smallest absolute Gasteiger partial charge is 0.287 e. The number of nitrogens with zero attached hydrogens (tertiary/aromatic N) is 3. The number of benzene rings is 1. The Morgan fingerprint density at radius 1 is 1.59 bits per heavy atom. The molecule has 1 aromatic rings. The number of anilines is 1. The van der Waals surface area contributed by atoms with Gasteiger partial charge >= 0.3 is 0 Å². The lowest BCUT2D eigenvalue weighted by Crippen LogP contribution is -2.19. The Morgan fingerprint density at radius 3 is 2.88 bits per heavy atom. The second-order valence-electron chi connectivity index (χ2n) is 4.41. The molecular formula is C12H13N3O2. The summed E-state index contributed by atoms with van der Waals surface area (Å²) in [7, 11) is 0. The number of nitro groups is 1. The predicted octanol–water partition coefficient (Wildman–Crippen LogP) is 2.31. The summed E-state index contributed by atoms with van der Waals surface area (Å²) in [6.45, 7) is 4.07. The van der Waals surface area contributed by atoms with E-state index in [0.29, 0.717) is 5.92 Å². The molecule has 0 N–H and O–H groups in total. The zero-order valence-electron chi connectivity index (χ0n) is 9.59. The first-order valence-electron chi connectivity index (χ1n) is 5.55. The van der Waals surface area contributed by atoms with E-state index in [1.54, 1.807) is 12.1 Å². The summed E-state index contributed by atoms with van der Waals surface area (Å²) < 4.78 is 0. The second-order valence-corrected chi connectivity index (χ2v) is 4.41. The summed E-state index contributed by atoms with van der Waals surface area (Å²) in [5, 5.41) is 19.6. The fourth-order valence-electron chi connectivity index (χ4n) is 2.14. The van der Waals surface area contributed by atoms with Crippen LogP contribution in [0.3, 0.4) is 0 Å². The third-order valence-corrected chi connectivity index (χ3v) is 3.09. The van der Waals surface area contributed by atoms with Gasteiger partial charge in [-0.05, 0) is 24.5 Å². The quantitative estimate of drug-likeness (QED) is 0.578. The van der Waals surface area contributed by atoms with E-state index in [-0.39, 0.29) is 11.3 Å². The Bertz CT molecular complexity index is 493. The molecule has 1 fully saturated rings. The van der Waals surface area contributed by atoms with Gasteiger partial charge < -0.3 is 4.90 Å². The van der Waals surface area contributed by atoms with Crippen LogP contribution in [0.15, 0.2) is 18.2 Å². The monoisotopic (exact) mass is 231 g/mol. The van der Waals surface area contributed by atoms with Crippen molar-refractivity contribution in [2.45, 2.75) is 13.3 Å². The fraction of sp³-hybridized carbons (Fsp3) is 0.417. The van der Waals surface area contributed by atoms with Crippen molar-refractivity contribution < 1.29 is 4.92 Å². The SMILES string of the molecule is C[C@H]1CCN(c2ccc([N+](=O)[O-])c(C#N)c2)C1. The maximum atomic E-state index is 10.7. The van der Waals surface area contributed by atoms with Crippen molar-refractivity contribution in [3.63, 3.8) is 0 Å². The minimum Gasteiger partial charge on any atom is -0.371 e. The highest BCUT2D eigenvalue weighted by molar-refractivity contribution is 5.60. The van der Waals surface area contributed by atoms with Crippen LogP contribution in [0.1, 0.15) is 18.9 Å². The first-order chi connectivity index (χ1) is 8.11. The average Bonchev–Trinajstić information content (AvgIpc) is 2.75. The van der Waals surface area contributed by atoms with Gasteiger partial charge in [-0.3, -0.25) is 10.1 Å². The Morgan fingerprint density at radius 2 is 2.35 bits per heavy atom. The van der Waals surface area contributed by atoms with E-state index in [2.05, 4.69) is 11.8 Å². The van der Waals surface area contributed by atoms with E-state index in [1.165, 1.54) is 6.07 Å². The van der Waals surface area contributed by atoms with E-state index in [4.69, 9.17) is 5.26 Å². The molecule has 1 aliphatic heterocycles. The highest BCUT2D eigenvalue weighted by atomic mass is 16.6. The van der Waals surface area contributed by atoms with Gasteiger partial charge in [-0.1, -0.05) is 6.92 Å². The first kappa shape index (κ1) is 11.4. The molecule has 0 aliphatic carbocycles. The molecule has 0 radical (unpaired) electrons. The molecular weight excluding hydrogens is 218 g/mol. The molecule has 88 valence electrons. The van der Waals surface area contributed by atoms with Gasteiger partial charge in [0.15, 0.2) is 0 Å². The molecule has 5 heteroatoms. The van der Waals surface area contributed by atoms with Crippen molar-refractivity contribution in [2.75, 3.05) is 18.0 Å². The number of nitriles is 1. The minimum atomic E-state index is -0.519. The molecule has 0 aromatic heterocycles. The normalized spacial score (nSPS) is 19.1. The van der Waals surface area contributed by atoms with Gasteiger partial charge in [0.25, 0.3) is 5.69 Å². The van der Waals surface area contributed by atoms with Crippen LogP contribution in [0.25, 0.3) is 0 Å². The Balaban J connectivity index is 2.32. The Labute approximate surface area is 99.4 Å². The van der Waals surface area contributed by atoms with Crippen LogP contribution in [0.4, 0.5) is 11.4 Å². The van der Waals surface area contributed by atoms with Crippen LogP contribution < -0.4 is 4.90 Å². The molecule has 17 heavy (non-hydrogen) atoms. The number of rotatable bonds is 2. The molecule has 1 saturated heterocycles. The van der Waals surface area contributed by atoms with E-state index >= 15 is 0 Å². The molecule has 0 saturated carbocycles. The maximum absolute atomic E-state index is 10.7. The molecule has 1 atom stereocenters. The van der Waals surface area contributed by atoms with E-state index in [0.717, 1.165) is 25.2 Å². The lowest BCUT2D eigenvalue weighted by atomic mass is 10.1. The number of hydrogen-bond donors (Lipinski definition) is 0. The molecule has 0 unspecified atom stereocenters. The number of hydrogen-bond acceptors (Lipinski definition) is 4. The third-order valence-electron chi connectivity index (χ3n) is 3.09. The van der Waals surface area contributed by atoms with Crippen LogP contribution in [0.2, 0.25) is 0 Å². The van der Waals surface area contributed by atoms with Gasteiger partial charge in [-0.25, -0.2) is 0 Å². The van der Waals surface area contributed by atoms with Gasteiger partial charge in [-0.2, -0.15) is 5.26 Å². The van der Waals surface area contributed by atoms with Gasteiger partial charge in [0.05, 0.1) is 4.92 Å². The van der Waals surface area contributed by atoms with Crippen LogP contribution in [-0.4, -0.2) is 18.0 Å². The summed E-state index contributed by atoms with van der Waals surface area (Å²) in [5.41, 5.74) is 0.909. The van der Waals surface area contributed by atoms with E-state index in [1.807, 2.05) is 6.07 Å². The zero-order chi connectivity index (χ0) is 12.4. The Kier molecular flexibility index (Phi) is 2.96. The summed E-state index contributed by atoms with van der Waals surface area (Å²) in [5.74, 6) is 0.635. The van der Waals surface area contributed by atoms with Crippen molar-refractivity contribution in [3.05, 3.63) is 33.9 Å². The summed E-state index contributed by atoms with van der Waals surface area (Å²) in [6, 6.07) is 6.62. The summed E-state index contributed by atoms with van der Waals surface area (Å²) in [6.07, 6.45) is 1.12. The van der Waals surface area contributed by atoms with E-state index in [9.17, 15) is 10.1 Å². The lowest BCUT2D eigenvalue weighted by Gasteiger charge is -2.18. The molecule has 5 nitrogen and oxygen atoms in total. The van der Waals surface area contributed by atoms with Crippen molar-refractivity contribution in [3.8, 4) is 6.07 Å². The van der Waals surface area contributed by atoms with Crippen molar-refractivity contribution in [1.29, 1.82) is 5.26 Å². The van der Waals surface area contributed by atoms with Gasteiger partial charge in [-0.15, -0.1) is 0 Å². The van der Waals surface area contributed by atoms with Crippen molar-refractivity contribution in [2.24, 2.45) is 5.92 Å². The first-order valence-corrected chi connectivity index (χ1v) is 5.55. The zero-order valence-corrected chi connectivity index (χ0v) is 9.59. The van der Waals surface area contributed by atoms with Gasteiger partial charge in [0.1, 0.15) is 11.6 Å². The fourth-order valence-corrected chi connectivity index (χ4v) is 2.14. The number of nitro benzene ring substituents is 1. The molecule has 1 aromatic carbocycles. The molecule has 0 bridgehead atoms. The maximum Gasteiger partial charge on any atom is 0.287 e.